The molecule has 1 aliphatic heterocycles. The summed E-state index contributed by atoms with van der Waals surface area (Å²) in [5, 5.41) is 2.90. The number of nitrogens with one attached hydrogen (secondary N) is 1. The lowest BCUT2D eigenvalue weighted by molar-refractivity contribution is -0.122. The molecule has 0 spiro atoms. The minimum atomic E-state index is 0.0966. The van der Waals surface area contributed by atoms with Gasteiger partial charge >= 0.3 is 0 Å². The van der Waals surface area contributed by atoms with Gasteiger partial charge in [0.2, 0.25) is 5.91 Å². The molecule has 2 aliphatic rings. The van der Waals surface area contributed by atoms with Gasteiger partial charge in [-0.2, -0.15) is 0 Å². The molecule has 20 heavy (non-hydrogen) atoms. The molecule has 2 fully saturated rings. The number of carbonyl (C=O) groups excluding carboxylic acids is 1. The van der Waals surface area contributed by atoms with Crippen molar-refractivity contribution in [1.29, 1.82) is 0 Å². The van der Waals surface area contributed by atoms with Gasteiger partial charge in [0, 0.05) is 38.2 Å². The van der Waals surface area contributed by atoms with Crippen molar-refractivity contribution >= 4 is 17.5 Å². The minimum absolute atomic E-state index is 0.0966. The number of anilines is 2. The van der Waals surface area contributed by atoms with E-state index in [9.17, 15) is 4.79 Å². The number of piperazine rings is 1. The molecule has 1 aromatic heterocycles. The number of hydrogen-bond donors (Lipinski definition) is 1. The lowest BCUT2D eigenvalue weighted by atomic mass is 9.85. The van der Waals surface area contributed by atoms with Gasteiger partial charge in [0.1, 0.15) is 18.0 Å². The Balaban J connectivity index is 1.64. The van der Waals surface area contributed by atoms with Gasteiger partial charge in [-0.05, 0) is 19.9 Å². The maximum Gasteiger partial charge on any atom is 0.228 e. The summed E-state index contributed by atoms with van der Waals surface area (Å²) in [6, 6.07) is 1.88. The third kappa shape index (κ3) is 2.90. The molecule has 2 heterocycles. The average Bonchev–Trinajstić information content (AvgIpc) is 2.37. The van der Waals surface area contributed by atoms with E-state index < -0.39 is 0 Å². The van der Waals surface area contributed by atoms with Gasteiger partial charge in [-0.1, -0.05) is 6.42 Å². The number of rotatable bonds is 3. The van der Waals surface area contributed by atoms with Crippen LogP contribution in [-0.2, 0) is 4.79 Å². The van der Waals surface area contributed by atoms with E-state index in [1.165, 1.54) is 6.33 Å². The zero-order valence-corrected chi connectivity index (χ0v) is 11.9. The summed E-state index contributed by atoms with van der Waals surface area (Å²) in [7, 11) is 2.13. The molecular formula is C14H21N5O. The number of carbonyl (C=O) groups is 1. The Kier molecular flexibility index (Phi) is 3.82. The summed E-state index contributed by atoms with van der Waals surface area (Å²) in [4.78, 5) is 24.9. The molecule has 0 atom stereocenters. The highest BCUT2D eigenvalue weighted by molar-refractivity contribution is 5.92. The van der Waals surface area contributed by atoms with E-state index in [0.29, 0.717) is 5.82 Å². The second-order valence-electron chi connectivity index (χ2n) is 5.67. The Labute approximate surface area is 119 Å². The van der Waals surface area contributed by atoms with Crippen molar-refractivity contribution < 1.29 is 4.79 Å². The first kappa shape index (κ1) is 13.3. The maximum atomic E-state index is 11.9. The molecule has 0 aromatic carbocycles. The largest absolute Gasteiger partial charge is 0.354 e. The van der Waals surface area contributed by atoms with E-state index in [0.717, 1.165) is 51.3 Å². The molecule has 1 aliphatic carbocycles. The summed E-state index contributed by atoms with van der Waals surface area (Å²) >= 11 is 0. The standard InChI is InChI=1S/C14H21N5O/c1-18-5-7-19(8-6-18)13-9-12(15-10-16-13)17-14(20)11-3-2-4-11/h9-11H,2-8H2,1H3,(H,15,16,17,20). The van der Waals surface area contributed by atoms with Crippen molar-refractivity contribution in [2.75, 3.05) is 43.4 Å². The van der Waals surface area contributed by atoms with Gasteiger partial charge in [-0.25, -0.2) is 9.97 Å². The van der Waals surface area contributed by atoms with Crippen LogP contribution in [0.4, 0.5) is 11.6 Å². The van der Waals surface area contributed by atoms with Crippen LogP contribution in [0.25, 0.3) is 0 Å². The summed E-state index contributed by atoms with van der Waals surface area (Å²) < 4.78 is 0. The van der Waals surface area contributed by atoms with Crippen LogP contribution in [0.5, 0.6) is 0 Å². The maximum absolute atomic E-state index is 11.9. The Morgan fingerprint density at radius 1 is 1.25 bits per heavy atom. The number of hydrogen-bond acceptors (Lipinski definition) is 5. The lowest BCUT2D eigenvalue weighted by Crippen LogP contribution is -2.44. The van der Waals surface area contributed by atoms with Gasteiger partial charge in [-0.3, -0.25) is 4.79 Å². The van der Waals surface area contributed by atoms with Crippen molar-refractivity contribution in [3.63, 3.8) is 0 Å². The van der Waals surface area contributed by atoms with Crippen molar-refractivity contribution in [1.82, 2.24) is 14.9 Å². The van der Waals surface area contributed by atoms with Crippen LogP contribution in [0.3, 0.4) is 0 Å². The molecule has 1 saturated carbocycles. The zero-order chi connectivity index (χ0) is 13.9. The topological polar surface area (TPSA) is 61.4 Å². The fourth-order valence-corrected chi connectivity index (χ4v) is 2.52. The molecule has 0 bridgehead atoms. The second-order valence-corrected chi connectivity index (χ2v) is 5.67. The molecule has 0 unspecified atom stereocenters. The van der Waals surface area contributed by atoms with Crippen LogP contribution in [0.1, 0.15) is 19.3 Å². The zero-order valence-electron chi connectivity index (χ0n) is 11.9. The van der Waals surface area contributed by atoms with Crippen LogP contribution in [0.15, 0.2) is 12.4 Å². The predicted molar refractivity (Wildman–Crippen MR) is 77.7 cm³/mol. The molecule has 108 valence electrons. The van der Waals surface area contributed by atoms with Crippen LogP contribution in [0, 0.1) is 5.92 Å². The first-order chi connectivity index (χ1) is 9.72. The van der Waals surface area contributed by atoms with Crippen molar-refractivity contribution in [2.24, 2.45) is 5.92 Å². The van der Waals surface area contributed by atoms with E-state index >= 15 is 0 Å². The third-order valence-electron chi connectivity index (χ3n) is 4.21. The van der Waals surface area contributed by atoms with Gasteiger partial charge in [-0.15, -0.1) is 0 Å². The normalized spacial score (nSPS) is 20.6. The minimum Gasteiger partial charge on any atom is -0.354 e. The molecule has 6 nitrogen and oxygen atoms in total. The van der Waals surface area contributed by atoms with Gasteiger partial charge in [0.25, 0.3) is 0 Å². The molecule has 6 heteroatoms. The van der Waals surface area contributed by atoms with Crippen molar-refractivity contribution in [3.8, 4) is 0 Å². The monoisotopic (exact) mass is 275 g/mol. The summed E-state index contributed by atoms with van der Waals surface area (Å²) in [5.74, 6) is 1.79. The van der Waals surface area contributed by atoms with Crippen LogP contribution < -0.4 is 10.2 Å². The first-order valence-corrected chi connectivity index (χ1v) is 7.29. The molecule has 1 saturated heterocycles. The van der Waals surface area contributed by atoms with Gasteiger partial charge in [0.05, 0.1) is 0 Å². The average molecular weight is 275 g/mol. The predicted octanol–water partition coefficient (Wildman–Crippen LogP) is 0.967. The molecule has 1 N–H and O–H groups in total. The lowest BCUT2D eigenvalue weighted by Gasteiger charge is -2.33. The SMILES string of the molecule is CN1CCN(c2cc(NC(=O)C3CCC3)ncn2)CC1. The van der Waals surface area contributed by atoms with E-state index in [2.05, 4.69) is 32.1 Å². The summed E-state index contributed by atoms with van der Waals surface area (Å²) in [6.45, 7) is 3.99. The Bertz CT molecular complexity index is 480. The van der Waals surface area contributed by atoms with Crippen LogP contribution in [0.2, 0.25) is 0 Å². The quantitative estimate of drug-likeness (QED) is 0.890. The molecule has 3 rings (SSSR count). The van der Waals surface area contributed by atoms with E-state index in [1.807, 2.05) is 6.07 Å². The molecular weight excluding hydrogens is 254 g/mol. The van der Waals surface area contributed by atoms with E-state index in [4.69, 9.17) is 0 Å². The Morgan fingerprint density at radius 3 is 2.65 bits per heavy atom. The number of likely N-dealkylation sites (N-methyl/N-ethyl adjacent to an activating group) is 1. The highest BCUT2D eigenvalue weighted by Crippen LogP contribution is 2.27. The van der Waals surface area contributed by atoms with Crippen LogP contribution in [-0.4, -0.2) is 54.0 Å². The fraction of sp³-hybridized carbons (Fsp3) is 0.643. The van der Waals surface area contributed by atoms with E-state index in [-0.39, 0.29) is 11.8 Å². The van der Waals surface area contributed by atoms with Crippen LogP contribution >= 0.6 is 0 Å². The highest BCUT2D eigenvalue weighted by atomic mass is 16.2. The van der Waals surface area contributed by atoms with Gasteiger partial charge in [0.15, 0.2) is 0 Å². The second kappa shape index (κ2) is 5.75. The third-order valence-corrected chi connectivity index (χ3v) is 4.21. The van der Waals surface area contributed by atoms with Crippen molar-refractivity contribution in [2.45, 2.75) is 19.3 Å². The molecule has 1 amide bonds. The number of aromatic nitrogens is 2. The highest BCUT2D eigenvalue weighted by Gasteiger charge is 2.25. The number of nitrogens with zero attached hydrogens (tertiary/aromatic N) is 4. The summed E-state index contributed by atoms with van der Waals surface area (Å²) in [6.07, 6.45) is 4.70. The van der Waals surface area contributed by atoms with Crippen molar-refractivity contribution in [3.05, 3.63) is 12.4 Å². The Hall–Kier alpha value is -1.69. The first-order valence-electron chi connectivity index (χ1n) is 7.29. The van der Waals surface area contributed by atoms with Gasteiger partial charge < -0.3 is 15.1 Å². The molecule has 0 radical (unpaired) electrons. The Morgan fingerprint density at radius 2 is 2.00 bits per heavy atom. The fourth-order valence-electron chi connectivity index (χ4n) is 2.52. The smallest absolute Gasteiger partial charge is 0.228 e. The summed E-state index contributed by atoms with van der Waals surface area (Å²) in [5.41, 5.74) is 0. The number of amides is 1. The van der Waals surface area contributed by atoms with E-state index in [1.54, 1.807) is 0 Å². The molecule has 1 aromatic rings.